The Morgan fingerprint density at radius 1 is 1.14 bits per heavy atom. The van der Waals surface area contributed by atoms with E-state index in [0.29, 0.717) is 34.5 Å². The molecule has 1 aromatic carbocycles. The van der Waals surface area contributed by atoms with E-state index in [1.165, 1.54) is 6.33 Å². The summed E-state index contributed by atoms with van der Waals surface area (Å²) in [6.45, 7) is 2.06. The van der Waals surface area contributed by atoms with Crippen LogP contribution in [0.2, 0.25) is 0 Å². The van der Waals surface area contributed by atoms with Crippen molar-refractivity contribution in [3.8, 4) is 28.6 Å². The summed E-state index contributed by atoms with van der Waals surface area (Å²) in [6, 6.07) is 8.82. The average molecular weight is 389 g/mol. The first-order valence-corrected chi connectivity index (χ1v) is 8.76. The molecule has 1 amide bonds. The summed E-state index contributed by atoms with van der Waals surface area (Å²) in [6.07, 6.45) is 4.85. The Labute approximate surface area is 164 Å². The van der Waals surface area contributed by atoms with Gasteiger partial charge >= 0.3 is 0 Å². The van der Waals surface area contributed by atoms with E-state index >= 15 is 0 Å². The highest BCUT2D eigenvalue weighted by atomic mass is 16.7. The highest BCUT2D eigenvalue weighted by molar-refractivity contribution is 6.03. The minimum absolute atomic E-state index is 0.201. The number of hydrogen-bond acceptors (Lipinski definition) is 7. The largest absolute Gasteiger partial charge is 0.454 e. The summed E-state index contributed by atoms with van der Waals surface area (Å²) >= 11 is 0. The zero-order chi connectivity index (χ0) is 19.8. The second-order valence-electron chi connectivity index (χ2n) is 6.29. The number of amides is 1. The van der Waals surface area contributed by atoms with Gasteiger partial charge in [0.2, 0.25) is 6.79 Å². The Morgan fingerprint density at radius 3 is 2.90 bits per heavy atom. The van der Waals surface area contributed by atoms with Gasteiger partial charge in [-0.2, -0.15) is 5.10 Å². The van der Waals surface area contributed by atoms with E-state index in [1.807, 2.05) is 25.1 Å². The molecular weight excluding hydrogens is 374 g/mol. The third-order valence-corrected chi connectivity index (χ3v) is 4.46. The van der Waals surface area contributed by atoms with Crippen LogP contribution in [0.3, 0.4) is 0 Å². The molecule has 0 saturated heterocycles. The lowest BCUT2D eigenvalue weighted by molar-refractivity contribution is 0.102. The monoisotopic (exact) mass is 389 g/mol. The van der Waals surface area contributed by atoms with E-state index in [9.17, 15) is 4.79 Å². The van der Waals surface area contributed by atoms with Crippen molar-refractivity contribution in [2.24, 2.45) is 0 Å². The average Bonchev–Trinajstić information content (AvgIpc) is 3.48. The molecule has 1 aliphatic rings. The number of aromatic amines is 1. The van der Waals surface area contributed by atoms with E-state index in [-0.39, 0.29) is 12.7 Å². The van der Waals surface area contributed by atoms with Crippen molar-refractivity contribution in [3.63, 3.8) is 0 Å². The van der Waals surface area contributed by atoms with Gasteiger partial charge in [0.1, 0.15) is 29.5 Å². The van der Waals surface area contributed by atoms with Crippen molar-refractivity contribution in [1.82, 2.24) is 29.7 Å². The van der Waals surface area contributed by atoms with Crippen molar-refractivity contribution < 1.29 is 14.3 Å². The van der Waals surface area contributed by atoms with Crippen molar-refractivity contribution in [1.29, 1.82) is 0 Å². The first-order chi connectivity index (χ1) is 14.2. The zero-order valence-electron chi connectivity index (χ0n) is 15.3. The molecule has 10 nitrogen and oxygen atoms in total. The van der Waals surface area contributed by atoms with Crippen LogP contribution in [0.25, 0.3) is 17.1 Å². The molecule has 144 valence electrons. The molecule has 0 atom stereocenters. The van der Waals surface area contributed by atoms with Crippen molar-refractivity contribution in [2.45, 2.75) is 6.92 Å². The number of benzene rings is 1. The molecule has 0 radical (unpaired) electrons. The van der Waals surface area contributed by atoms with E-state index in [1.54, 1.807) is 29.1 Å². The van der Waals surface area contributed by atoms with Gasteiger partial charge in [0, 0.05) is 24.0 Å². The maximum atomic E-state index is 12.6. The van der Waals surface area contributed by atoms with Gasteiger partial charge in [0.05, 0.1) is 5.69 Å². The number of imidazole rings is 1. The molecule has 0 spiro atoms. The van der Waals surface area contributed by atoms with Gasteiger partial charge in [-0.3, -0.25) is 14.5 Å². The quantitative estimate of drug-likeness (QED) is 0.550. The summed E-state index contributed by atoms with van der Waals surface area (Å²) in [5, 5.41) is 9.71. The number of rotatable bonds is 4. The number of hydrogen-bond donors (Lipinski definition) is 2. The standard InChI is InChI=1S/C19H15N7O3/c1-11-20-4-5-26(11)18-8-17(21-9-22-18)23-19(27)14-7-13(24-25-14)12-2-3-15-16(6-12)29-10-28-15/h2-9H,10H2,1H3,(H,24,25)(H,21,22,23,27). The number of nitrogens with zero attached hydrogens (tertiary/aromatic N) is 5. The maximum absolute atomic E-state index is 12.6. The number of carbonyl (C=O) groups excluding carboxylic acids is 1. The highest BCUT2D eigenvalue weighted by Gasteiger charge is 2.17. The van der Waals surface area contributed by atoms with Gasteiger partial charge in [-0.15, -0.1) is 0 Å². The van der Waals surface area contributed by atoms with Gasteiger partial charge in [-0.25, -0.2) is 15.0 Å². The lowest BCUT2D eigenvalue weighted by atomic mass is 10.1. The fourth-order valence-electron chi connectivity index (χ4n) is 2.99. The fraction of sp³-hybridized carbons (Fsp3) is 0.105. The molecule has 2 N–H and O–H groups in total. The molecule has 5 rings (SSSR count). The lowest BCUT2D eigenvalue weighted by Crippen LogP contribution is -2.14. The van der Waals surface area contributed by atoms with E-state index in [0.717, 1.165) is 11.4 Å². The minimum atomic E-state index is -0.364. The maximum Gasteiger partial charge on any atom is 0.274 e. The number of aryl methyl sites for hydroxylation is 1. The third-order valence-electron chi connectivity index (χ3n) is 4.46. The normalized spacial score (nSPS) is 12.2. The first-order valence-electron chi connectivity index (χ1n) is 8.76. The number of nitrogens with one attached hydrogen (secondary N) is 2. The van der Waals surface area contributed by atoms with Crippen LogP contribution in [0.1, 0.15) is 16.3 Å². The summed E-state index contributed by atoms with van der Waals surface area (Å²) in [5.74, 6) is 2.73. The highest BCUT2D eigenvalue weighted by Crippen LogP contribution is 2.35. The third kappa shape index (κ3) is 3.16. The molecule has 4 aromatic rings. The lowest BCUT2D eigenvalue weighted by Gasteiger charge is -2.06. The van der Waals surface area contributed by atoms with Crippen LogP contribution >= 0.6 is 0 Å². The predicted molar refractivity (Wildman–Crippen MR) is 102 cm³/mol. The molecule has 0 unspecified atom stereocenters. The molecule has 0 bridgehead atoms. The topological polar surface area (TPSA) is 120 Å². The number of H-pyrrole nitrogens is 1. The van der Waals surface area contributed by atoms with Gasteiger partial charge in [-0.1, -0.05) is 0 Å². The molecule has 0 fully saturated rings. The van der Waals surface area contributed by atoms with Crippen LogP contribution in [0.15, 0.2) is 49.1 Å². The number of carbonyl (C=O) groups is 1. The van der Waals surface area contributed by atoms with Crippen LogP contribution in [0.5, 0.6) is 11.5 Å². The second kappa shape index (κ2) is 6.75. The SMILES string of the molecule is Cc1nccn1-c1cc(NC(=O)c2cc(-c3ccc4c(c3)OCO4)n[nH]2)ncn1. The Bertz CT molecular complexity index is 1210. The van der Waals surface area contributed by atoms with E-state index in [2.05, 4.69) is 30.5 Å². The summed E-state index contributed by atoms with van der Waals surface area (Å²) in [5.41, 5.74) is 1.73. The number of aromatic nitrogens is 6. The molecule has 10 heteroatoms. The van der Waals surface area contributed by atoms with Gasteiger partial charge in [0.25, 0.3) is 5.91 Å². The minimum Gasteiger partial charge on any atom is -0.454 e. The number of anilines is 1. The molecule has 0 saturated carbocycles. The van der Waals surface area contributed by atoms with Gasteiger partial charge in [0.15, 0.2) is 11.5 Å². The zero-order valence-corrected chi connectivity index (χ0v) is 15.3. The summed E-state index contributed by atoms with van der Waals surface area (Å²) < 4.78 is 12.5. The Morgan fingerprint density at radius 2 is 2.03 bits per heavy atom. The van der Waals surface area contributed by atoms with E-state index < -0.39 is 0 Å². The molecule has 29 heavy (non-hydrogen) atoms. The molecule has 0 aliphatic carbocycles. The first kappa shape index (κ1) is 16.9. The predicted octanol–water partition coefficient (Wildman–Crippen LogP) is 2.34. The smallest absolute Gasteiger partial charge is 0.274 e. The van der Waals surface area contributed by atoms with Crippen LogP contribution in [-0.4, -0.2) is 42.4 Å². The summed E-state index contributed by atoms with van der Waals surface area (Å²) in [4.78, 5) is 25.1. The van der Waals surface area contributed by atoms with Crippen LogP contribution in [-0.2, 0) is 0 Å². The van der Waals surface area contributed by atoms with Crippen molar-refractivity contribution in [2.75, 3.05) is 12.1 Å². The fourth-order valence-corrected chi connectivity index (χ4v) is 2.99. The van der Waals surface area contributed by atoms with Crippen molar-refractivity contribution in [3.05, 3.63) is 60.6 Å². The Hall–Kier alpha value is -4.21. The Kier molecular flexibility index (Phi) is 3.94. The van der Waals surface area contributed by atoms with Gasteiger partial charge < -0.3 is 14.8 Å². The van der Waals surface area contributed by atoms with Crippen LogP contribution in [0, 0.1) is 6.92 Å². The summed E-state index contributed by atoms with van der Waals surface area (Å²) in [7, 11) is 0. The van der Waals surface area contributed by atoms with Gasteiger partial charge in [-0.05, 0) is 31.2 Å². The second-order valence-corrected chi connectivity index (χ2v) is 6.29. The number of ether oxygens (including phenoxy) is 2. The number of fused-ring (bicyclic) bond motifs is 1. The van der Waals surface area contributed by atoms with Crippen molar-refractivity contribution >= 4 is 11.7 Å². The molecule has 4 heterocycles. The van der Waals surface area contributed by atoms with Crippen LogP contribution < -0.4 is 14.8 Å². The van der Waals surface area contributed by atoms with E-state index in [4.69, 9.17) is 9.47 Å². The van der Waals surface area contributed by atoms with Crippen LogP contribution in [0.4, 0.5) is 5.82 Å². The molecule has 1 aliphatic heterocycles. The molecule has 3 aromatic heterocycles. The Balaban J connectivity index is 1.35. The molecular formula is C19H15N7O3.